The molecule has 1 unspecified atom stereocenters. The number of pyridine rings is 1. The van der Waals surface area contributed by atoms with Gasteiger partial charge in [0, 0.05) is 35.5 Å². The monoisotopic (exact) mass is 373 g/mol. The molecule has 3 rings (SSSR count). The number of benzene rings is 2. The SMILES string of the molecule is C.COc1cc2nccc(-c3ccc(CNS(=O)[O-])cc3)c2cc1OC. The highest BCUT2D eigenvalue weighted by molar-refractivity contribution is 7.77. The highest BCUT2D eigenvalue weighted by atomic mass is 32.2. The van der Waals surface area contributed by atoms with Gasteiger partial charge in [-0.05, 0) is 28.8 Å². The van der Waals surface area contributed by atoms with Gasteiger partial charge in [0.1, 0.15) is 0 Å². The maximum atomic E-state index is 10.6. The number of hydrogen-bond acceptors (Lipinski definition) is 5. The molecule has 0 saturated heterocycles. The van der Waals surface area contributed by atoms with E-state index in [1.807, 2.05) is 42.5 Å². The number of ether oxygens (including phenoxy) is 2. The molecule has 1 atom stereocenters. The molecular formula is C19H21N2O4S-. The van der Waals surface area contributed by atoms with Gasteiger partial charge in [0.25, 0.3) is 0 Å². The normalized spacial score (nSPS) is 11.7. The number of rotatable bonds is 6. The molecule has 0 saturated carbocycles. The molecule has 1 N–H and O–H groups in total. The lowest BCUT2D eigenvalue weighted by molar-refractivity contribution is 0.356. The van der Waals surface area contributed by atoms with Gasteiger partial charge in [-0.15, -0.1) is 0 Å². The van der Waals surface area contributed by atoms with Crippen molar-refractivity contribution in [2.75, 3.05) is 14.2 Å². The zero-order valence-corrected chi connectivity index (χ0v) is 14.6. The molecule has 1 aromatic heterocycles. The second-order valence-corrected chi connectivity index (χ2v) is 6.09. The fourth-order valence-corrected chi connectivity index (χ4v) is 2.95. The third-order valence-electron chi connectivity index (χ3n) is 3.91. The van der Waals surface area contributed by atoms with Crippen LogP contribution in [0.2, 0.25) is 0 Å². The summed E-state index contributed by atoms with van der Waals surface area (Å²) < 4.78 is 34.2. The minimum Gasteiger partial charge on any atom is -0.760 e. The summed E-state index contributed by atoms with van der Waals surface area (Å²) in [5.41, 5.74) is 3.71. The average Bonchev–Trinajstić information content (AvgIpc) is 2.65. The van der Waals surface area contributed by atoms with Gasteiger partial charge < -0.3 is 14.0 Å². The molecule has 0 aliphatic carbocycles. The summed E-state index contributed by atoms with van der Waals surface area (Å²) in [4.78, 5) is 4.40. The van der Waals surface area contributed by atoms with Crippen LogP contribution in [-0.2, 0) is 17.8 Å². The number of fused-ring (bicyclic) bond motifs is 1. The summed E-state index contributed by atoms with van der Waals surface area (Å²) in [5, 5.41) is 0.951. The summed E-state index contributed by atoms with van der Waals surface area (Å²) in [7, 11) is 3.19. The van der Waals surface area contributed by atoms with Crippen molar-refractivity contribution in [3.63, 3.8) is 0 Å². The number of methoxy groups -OCH3 is 2. The number of nitrogens with zero attached hydrogens (tertiary/aromatic N) is 1. The largest absolute Gasteiger partial charge is 0.760 e. The third-order valence-corrected chi connectivity index (χ3v) is 4.29. The molecule has 0 amide bonds. The Morgan fingerprint density at radius 1 is 1.08 bits per heavy atom. The van der Waals surface area contributed by atoms with Gasteiger partial charge in [-0.3, -0.25) is 9.19 Å². The summed E-state index contributed by atoms with van der Waals surface area (Å²) in [5.74, 6) is 1.27. The van der Waals surface area contributed by atoms with Crippen molar-refractivity contribution in [3.05, 3.63) is 54.2 Å². The molecule has 0 spiro atoms. The number of nitrogens with one attached hydrogen (secondary N) is 1. The van der Waals surface area contributed by atoms with E-state index in [9.17, 15) is 8.76 Å². The highest BCUT2D eigenvalue weighted by Crippen LogP contribution is 2.36. The Bertz CT molecular complexity index is 913. The van der Waals surface area contributed by atoms with Crippen LogP contribution in [0.3, 0.4) is 0 Å². The molecule has 0 fully saturated rings. The van der Waals surface area contributed by atoms with Gasteiger partial charge in [-0.25, -0.2) is 4.72 Å². The van der Waals surface area contributed by atoms with Crippen LogP contribution in [0.15, 0.2) is 48.7 Å². The Kier molecular flexibility index (Phi) is 6.68. The molecule has 0 radical (unpaired) electrons. The number of aromatic nitrogens is 1. The molecule has 26 heavy (non-hydrogen) atoms. The quantitative estimate of drug-likeness (QED) is 0.669. The van der Waals surface area contributed by atoms with E-state index in [1.165, 1.54) is 0 Å². The maximum absolute atomic E-state index is 10.6. The highest BCUT2D eigenvalue weighted by Gasteiger charge is 2.11. The van der Waals surface area contributed by atoms with Crippen molar-refractivity contribution in [1.29, 1.82) is 0 Å². The lowest BCUT2D eigenvalue weighted by atomic mass is 10.00. The van der Waals surface area contributed by atoms with Crippen LogP contribution in [-0.4, -0.2) is 28.0 Å². The topological polar surface area (TPSA) is 83.5 Å². The van der Waals surface area contributed by atoms with Crippen molar-refractivity contribution in [3.8, 4) is 22.6 Å². The first kappa shape index (κ1) is 19.8. The second kappa shape index (κ2) is 8.75. The zero-order valence-electron chi connectivity index (χ0n) is 13.8. The van der Waals surface area contributed by atoms with Crippen molar-refractivity contribution in [2.45, 2.75) is 14.0 Å². The smallest absolute Gasteiger partial charge is 0.162 e. The summed E-state index contributed by atoms with van der Waals surface area (Å²) in [6.07, 6.45) is 1.75. The van der Waals surface area contributed by atoms with Crippen LogP contribution in [0.4, 0.5) is 0 Å². The lowest BCUT2D eigenvalue weighted by Crippen LogP contribution is -2.15. The standard InChI is InChI=1S/C18H18N2O4S.CH4/c1-23-17-9-15-14(7-8-19-16(15)10-18(17)24-2)13-5-3-12(4-6-13)11-20-25(21)22;/h3-10,20H,11H2,1-2H3,(H,21,22);1H4/p-1. The van der Waals surface area contributed by atoms with Crippen LogP contribution >= 0.6 is 0 Å². The maximum Gasteiger partial charge on any atom is 0.162 e. The van der Waals surface area contributed by atoms with E-state index in [2.05, 4.69) is 9.71 Å². The van der Waals surface area contributed by atoms with Gasteiger partial charge in [-0.1, -0.05) is 31.7 Å². The first-order valence-electron chi connectivity index (χ1n) is 7.55. The van der Waals surface area contributed by atoms with Crippen LogP contribution in [0.5, 0.6) is 11.5 Å². The van der Waals surface area contributed by atoms with E-state index in [1.54, 1.807) is 20.4 Å². The first-order valence-corrected chi connectivity index (χ1v) is 8.62. The molecule has 7 heteroatoms. The average molecular weight is 373 g/mol. The van der Waals surface area contributed by atoms with Gasteiger partial charge in [0.2, 0.25) is 0 Å². The van der Waals surface area contributed by atoms with E-state index in [4.69, 9.17) is 9.47 Å². The van der Waals surface area contributed by atoms with Gasteiger partial charge >= 0.3 is 0 Å². The molecule has 0 aliphatic heterocycles. The third kappa shape index (κ3) is 4.19. The van der Waals surface area contributed by atoms with E-state index in [0.29, 0.717) is 11.5 Å². The molecule has 1 heterocycles. The Balaban J connectivity index is 0.00000243. The molecule has 6 nitrogen and oxygen atoms in total. The predicted octanol–water partition coefficient (Wildman–Crippen LogP) is 3.44. The van der Waals surface area contributed by atoms with E-state index in [-0.39, 0.29) is 14.0 Å². The Morgan fingerprint density at radius 3 is 2.35 bits per heavy atom. The summed E-state index contributed by atoms with van der Waals surface area (Å²) >= 11 is -2.27. The molecule has 138 valence electrons. The Morgan fingerprint density at radius 2 is 1.73 bits per heavy atom. The fourth-order valence-electron chi connectivity index (χ4n) is 2.67. The molecule has 3 aromatic rings. The van der Waals surface area contributed by atoms with E-state index < -0.39 is 11.3 Å². The first-order chi connectivity index (χ1) is 12.1. The fraction of sp³-hybridized carbons (Fsp3) is 0.211. The van der Waals surface area contributed by atoms with Crippen LogP contribution in [0.1, 0.15) is 13.0 Å². The lowest BCUT2D eigenvalue weighted by Gasteiger charge is -2.12. The van der Waals surface area contributed by atoms with E-state index >= 15 is 0 Å². The van der Waals surface area contributed by atoms with Gasteiger partial charge in [-0.2, -0.15) is 0 Å². The molecule has 0 bridgehead atoms. The minimum atomic E-state index is -2.27. The van der Waals surface area contributed by atoms with Crippen LogP contribution in [0.25, 0.3) is 22.0 Å². The molecule has 0 aliphatic rings. The molecular weight excluding hydrogens is 352 g/mol. The Hall–Kier alpha value is -2.48. The van der Waals surface area contributed by atoms with Crippen molar-refractivity contribution < 1.29 is 18.2 Å². The van der Waals surface area contributed by atoms with Gasteiger partial charge in [0.05, 0.1) is 19.7 Å². The minimum absolute atomic E-state index is 0. The van der Waals surface area contributed by atoms with Gasteiger partial charge in [0.15, 0.2) is 11.5 Å². The van der Waals surface area contributed by atoms with Crippen molar-refractivity contribution in [1.82, 2.24) is 9.71 Å². The predicted molar refractivity (Wildman–Crippen MR) is 103 cm³/mol. The van der Waals surface area contributed by atoms with Crippen molar-refractivity contribution in [2.24, 2.45) is 0 Å². The van der Waals surface area contributed by atoms with E-state index in [0.717, 1.165) is 27.6 Å². The van der Waals surface area contributed by atoms with Crippen molar-refractivity contribution >= 4 is 22.2 Å². The zero-order chi connectivity index (χ0) is 17.8. The summed E-state index contributed by atoms with van der Waals surface area (Å²) in [6, 6.07) is 13.4. The second-order valence-electron chi connectivity index (χ2n) is 5.34. The van der Waals surface area contributed by atoms with Crippen LogP contribution in [0, 0.1) is 0 Å². The van der Waals surface area contributed by atoms with Crippen LogP contribution < -0.4 is 14.2 Å². The number of hydrogen-bond donors (Lipinski definition) is 1. The molecule has 2 aromatic carbocycles. The Labute approximate surface area is 155 Å². The summed E-state index contributed by atoms with van der Waals surface area (Å²) in [6.45, 7) is 0.262.